The van der Waals surface area contributed by atoms with Crippen LogP contribution >= 0.6 is 0 Å². The second kappa shape index (κ2) is 6.09. The zero-order chi connectivity index (χ0) is 15.5. The van der Waals surface area contributed by atoms with E-state index in [0.717, 1.165) is 0 Å². The molecule has 1 aromatic carbocycles. The molecular formula is C14H16FN3O2S. The second-order valence-corrected chi connectivity index (χ2v) is 6.05. The Bertz CT molecular complexity index is 748. The lowest BCUT2D eigenvalue weighted by molar-refractivity contribution is 0.600. The smallest absolute Gasteiger partial charge is 0.265 e. The summed E-state index contributed by atoms with van der Waals surface area (Å²) in [6.45, 7) is 3.90. The van der Waals surface area contributed by atoms with Gasteiger partial charge < -0.3 is 5.32 Å². The standard InChI is InChI=1S/C14H16FN3O2S/c1-3-16-14-13(8-5-9-17-14)21(19,20)18-12-7-4-6-11(15)10(12)2/h4-9,18H,3H2,1-2H3,(H,16,17). The van der Waals surface area contributed by atoms with E-state index in [9.17, 15) is 12.8 Å². The summed E-state index contributed by atoms with van der Waals surface area (Å²) in [6.07, 6.45) is 1.50. The molecule has 2 aromatic rings. The second-order valence-electron chi connectivity index (χ2n) is 4.40. The van der Waals surface area contributed by atoms with Crippen molar-refractivity contribution in [3.05, 3.63) is 47.9 Å². The Morgan fingerprint density at radius 3 is 2.71 bits per heavy atom. The van der Waals surface area contributed by atoms with Crippen LogP contribution in [0.15, 0.2) is 41.4 Å². The Labute approximate surface area is 123 Å². The normalized spacial score (nSPS) is 11.2. The number of hydrogen-bond donors (Lipinski definition) is 2. The number of pyridine rings is 1. The van der Waals surface area contributed by atoms with Crippen LogP contribution in [0.5, 0.6) is 0 Å². The van der Waals surface area contributed by atoms with Crippen LogP contribution < -0.4 is 10.0 Å². The van der Waals surface area contributed by atoms with Crippen LogP contribution in [-0.4, -0.2) is 19.9 Å². The van der Waals surface area contributed by atoms with E-state index in [-0.39, 0.29) is 22.0 Å². The monoisotopic (exact) mass is 309 g/mol. The molecule has 1 heterocycles. The van der Waals surface area contributed by atoms with Gasteiger partial charge in [-0.05, 0) is 38.1 Å². The average Bonchev–Trinajstić information content (AvgIpc) is 2.44. The fraction of sp³-hybridized carbons (Fsp3) is 0.214. The summed E-state index contributed by atoms with van der Waals surface area (Å²) in [5, 5.41) is 2.89. The van der Waals surface area contributed by atoms with Gasteiger partial charge in [-0.25, -0.2) is 17.8 Å². The summed E-state index contributed by atoms with van der Waals surface area (Å²) in [5.41, 5.74) is 0.455. The number of hydrogen-bond acceptors (Lipinski definition) is 4. The lowest BCUT2D eigenvalue weighted by Crippen LogP contribution is -2.17. The molecule has 0 bridgehead atoms. The number of aromatic nitrogens is 1. The van der Waals surface area contributed by atoms with E-state index >= 15 is 0 Å². The Morgan fingerprint density at radius 2 is 2.00 bits per heavy atom. The maximum absolute atomic E-state index is 13.5. The molecule has 0 amide bonds. The molecular weight excluding hydrogens is 293 g/mol. The third-order valence-electron chi connectivity index (χ3n) is 2.92. The molecule has 0 aliphatic carbocycles. The van der Waals surface area contributed by atoms with Crippen LogP contribution in [0.25, 0.3) is 0 Å². The quantitative estimate of drug-likeness (QED) is 0.891. The van der Waals surface area contributed by atoms with Gasteiger partial charge in [-0.2, -0.15) is 0 Å². The van der Waals surface area contributed by atoms with Gasteiger partial charge in [0.2, 0.25) is 0 Å². The molecule has 5 nitrogen and oxygen atoms in total. The summed E-state index contributed by atoms with van der Waals surface area (Å²) in [5.74, 6) is -0.199. The van der Waals surface area contributed by atoms with Crippen molar-refractivity contribution < 1.29 is 12.8 Å². The van der Waals surface area contributed by atoms with Crippen LogP contribution in [0.3, 0.4) is 0 Å². The van der Waals surface area contributed by atoms with Crippen molar-refractivity contribution in [3.63, 3.8) is 0 Å². The zero-order valence-corrected chi connectivity index (χ0v) is 12.5. The van der Waals surface area contributed by atoms with Crippen LogP contribution in [0, 0.1) is 12.7 Å². The molecule has 0 fully saturated rings. The van der Waals surface area contributed by atoms with Crippen molar-refractivity contribution in [1.29, 1.82) is 0 Å². The number of benzene rings is 1. The van der Waals surface area contributed by atoms with Crippen LogP contribution in [0.2, 0.25) is 0 Å². The van der Waals surface area contributed by atoms with Gasteiger partial charge in [0.1, 0.15) is 16.5 Å². The van der Waals surface area contributed by atoms with Crippen molar-refractivity contribution in [2.75, 3.05) is 16.6 Å². The summed E-state index contributed by atoms with van der Waals surface area (Å²) in [4.78, 5) is 4.04. The van der Waals surface area contributed by atoms with E-state index in [0.29, 0.717) is 6.54 Å². The fourth-order valence-electron chi connectivity index (χ4n) is 1.83. The number of nitrogens with zero attached hydrogens (tertiary/aromatic N) is 1. The number of rotatable bonds is 5. The molecule has 0 radical (unpaired) electrons. The molecule has 0 spiro atoms. The van der Waals surface area contributed by atoms with Gasteiger partial charge in [-0.15, -0.1) is 0 Å². The zero-order valence-electron chi connectivity index (χ0n) is 11.7. The van der Waals surface area contributed by atoms with E-state index < -0.39 is 15.8 Å². The van der Waals surface area contributed by atoms with E-state index in [2.05, 4.69) is 15.0 Å². The van der Waals surface area contributed by atoms with Crippen LogP contribution in [0.1, 0.15) is 12.5 Å². The molecule has 112 valence electrons. The molecule has 1 aromatic heterocycles. The number of nitrogens with one attached hydrogen (secondary N) is 2. The maximum atomic E-state index is 13.5. The lowest BCUT2D eigenvalue weighted by atomic mass is 10.2. The van der Waals surface area contributed by atoms with Crippen molar-refractivity contribution in [2.45, 2.75) is 18.7 Å². The number of sulfonamides is 1. The van der Waals surface area contributed by atoms with Gasteiger partial charge in [0.15, 0.2) is 0 Å². The molecule has 0 saturated heterocycles. The SMILES string of the molecule is CCNc1ncccc1S(=O)(=O)Nc1cccc(F)c1C. The Morgan fingerprint density at radius 1 is 1.24 bits per heavy atom. The average molecular weight is 309 g/mol. The first kappa shape index (κ1) is 15.2. The predicted octanol–water partition coefficient (Wildman–Crippen LogP) is 2.76. The molecule has 7 heteroatoms. The van der Waals surface area contributed by atoms with E-state index in [1.165, 1.54) is 43.5 Å². The molecule has 0 unspecified atom stereocenters. The van der Waals surface area contributed by atoms with Gasteiger partial charge in [0, 0.05) is 18.3 Å². The summed E-state index contributed by atoms with van der Waals surface area (Å²) in [7, 11) is -3.85. The fourth-order valence-corrected chi connectivity index (χ4v) is 3.08. The minimum Gasteiger partial charge on any atom is -0.369 e. The van der Waals surface area contributed by atoms with Crippen LogP contribution in [-0.2, 0) is 10.0 Å². The molecule has 0 aliphatic heterocycles. The summed E-state index contributed by atoms with van der Waals surface area (Å²) < 4.78 is 40.8. The Kier molecular flexibility index (Phi) is 4.42. The van der Waals surface area contributed by atoms with Gasteiger partial charge >= 0.3 is 0 Å². The van der Waals surface area contributed by atoms with Gasteiger partial charge in [0.25, 0.3) is 10.0 Å². The molecule has 0 atom stereocenters. The van der Waals surface area contributed by atoms with E-state index in [1.54, 1.807) is 0 Å². The summed E-state index contributed by atoms with van der Waals surface area (Å²) >= 11 is 0. The highest BCUT2D eigenvalue weighted by Crippen LogP contribution is 2.24. The molecule has 21 heavy (non-hydrogen) atoms. The summed E-state index contributed by atoms with van der Waals surface area (Å²) in [6, 6.07) is 7.23. The van der Waals surface area contributed by atoms with Crippen molar-refractivity contribution in [1.82, 2.24) is 4.98 Å². The topological polar surface area (TPSA) is 71.1 Å². The number of halogens is 1. The highest BCUT2D eigenvalue weighted by molar-refractivity contribution is 7.92. The van der Waals surface area contributed by atoms with Crippen molar-refractivity contribution in [2.24, 2.45) is 0 Å². The largest absolute Gasteiger partial charge is 0.369 e. The van der Waals surface area contributed by atoms with E-state index in [4.69, 9.17) is 0 Å². The maximum Gasteiger partial charge on any atom is 0.265 e. The van der Waals surface area contributed by atoms with Gasteiger partial charge in [0.05, 0.1) is 5.69 Å². The predicted molar refractivity (Wildman–Crippen MR) is 80.3 cm³/mol. The third-order valence-corrected chi connectivity index (χ3v) is 4.31. The molecule has 2 rings (SSSR count). The minimum atomic E-state index is -3.85. The molecule has 0 aliphatic rings. The highest BCUT2D eigenvalue weighted by atomic mass is 32.2. The van der Waals surface area contributed by atoms with Crippen molar-refractivity contribution >= 4 is 21.5 Å². The molecule has 2 N–H and O–H groups in total. The van der Waals surface area contributed by atoms with Crippen LogP contribution in [0.4, 0.5) is 15.9 Å². The number of anilines is 2. The lowest BCUT2D eigenvalue weighted by Gasteiger charge is -2.13. The minimum absolute atomic E-state index is 0.0236. The molecule has 0 saturated carbocycles. The first-order chi connectivity index (χ1) is 9.95. The third kappa shape index (κ3) is 3.30. The van der Waals surface area contributed by atoms with Crippen molar-refractivity contribution in [3.8, 4) is 0 Å². The first-order valence-corrected chi connectivity index (χ1v) is 7.91. The van der Waals surface area contributed by atoms with Gasteiger partial charge in [-0.1, -0.05) is 6.07 Å². The van der Waals surface area contributed by atoms with E-state index in [1.807, 2.05) is 6.92 Å². The Balaban J connectivity index is 2.41. The Hall–Kier alpha value is -2.15. The highest BCUT2D eigenvalue weighted by Gasteiger charge is 2.20. The first-order valence-electron chi connectivity index (χ1n) is 6.42. The van der Waals surface area contributed by atoms with Gasteiger partial charge in [-0.3, -0.25) is 4.72 Å².